The molecule has 0 saturated heterocycles. The molecule has 26 heavy (non-hydrogen) atoms. The van der Waals surface area contributed by atoms with Crippen molar-refractivity contribution in [3.05, 3.63) is 96.6 Å². The first kappa shape index (κ1) is 23.1. The van der Waals surface area contributed by atoms with Gasteiger partial charge in [-0.15, -0.1) is 49.0 Å². The molecule has 4 heteroatoms. The maximum absolute atomic E-state index is 2.99. The summed E-state index contributed by atoms with van der Waals surface area (Å²) in [5, 5.41) is 6.94. The molecule has 0 spiro atoms. The molecule has 0 N–H and O–H groups in total. The van der Waals surface area contributed by atoms with Crippen LogP contribution in [0.3, 0.4) is 0 Å². The fourth-order valence-corrected chi connectivity index (χ4v) is 4.87. The summed E-state index contributed by atoms with van der Waals surface area (Å²) in [5.41, 5.74) is 0. The molecular formula is C22H17Cl2HfP. The van der Waals surface area contributed by atoms with Crippen LogP contribution in [0.15, 0.2) is 90.5 Å². The number of rotatable bonds is 1. The Morgan fingerprint density at radius 1 is 0.846 bits per heavy atom. The molecule has 1 heterocycles. The van der Waals surface area contributed by atoms with Crippen molar-refractivity contribution < 1.29 is 50.7 Å². The van der Waals surface area contributed by atoms with Crippen LogP contribution in [0.5, 0.6) is 0 Å². The van der Waals surface area contributed by atoms with Crippen LogP contribution < -0.4 is 24.8 Å². The van der Waals surface area contributed by atoms with Crippen molar-refractivity contribution in [2.45, 2.75) is 6.42 Å². The quantitative estimate of drug-likeness (QED) is 0.240. The van der Waals surface area contributed by atoms with Crippen molar-refractivity contribution in [1.82, 2.24) is 0 Å². The second kappa shape index (κ2) is 11.0. The Labute approximate surface area is 187 Å². The second-order valence-corrected chi connectivity index (χ2v) is 7.49. The van der Waals surface area contributed by atoms with Gasteiger partial charge >= 0.3 is 25.8 Å². The molecule has 5 rings (SSSR count). The minimum Gasteiger partial charge on any atom is -1.00 e. The fraction of sp³-hybridized carbons (Fsp3) is 0.0455. The average molecular weight is 562 g/mol. The molecule has 128 valence electrons. The van der Waals surface area contributed by atoms with Crippen LogP contribution in [0.4, 0.5) is 0 Å². The number of halogens is 2. The van der Waals surface area contributed by atoms with Gasteiger partial charge in [-0.25, -0.2) is 12.2 Å². The van der Waals surface area contributed by atoms with Crippen molar-refractivity contribution in [2.24, 2.45) is 0 Å². The van der Waals surface area contributed by atoms with E-state index < -0.39 is 0 Å². The molecule has 1 aromatic heterocycles. The molecule has 0 aliphatic heterocycles. The zero-order chi connectivity index (χ0) is 15.5. The first-order chi connectivity index (χ1) is 11.4. The van der Waals surface area contributed by atoms with Gasteiger partial charge in [-0.2, -0.15) is 12.1 Å². The van der Waals surface area contributed by atoms with Gasteiger partial charge in [0.2, 0.25) is 0 Å². The summed E-state index contributed by atoms with van der Waals surface area (Å²) in [6, 6.07) is 21.9. The average Bonchev–Trinajstić information content (AvgIpc) is 3.33. The fourth-order valence-electron chi connectivity index (χ4n) is 2.86. The zero-order valence-corrected chi connectivity index (χ0v) is 20.1. The van der Waals surface area contributed by atoms with Gasteiger partial charge in [-0.05, 0) is 22.4 Å². The van der Waals surface area contributed by atoms with Gasteiger partial charge < -0.3 is 24.8 Å². The molecule has 1 aliphatic carbocycles. The van der Waals surface area contributed by atoms with Crippen LogP contribution in [0.25, 0.3) is 26.8 Å². The van der Waals surface area contributed by atoms with Crippen LogP contribution in [0.2, 0.25) is 0 Å². The maximum Gasteiger partial charge on any atom is 4.00 e. The standard InChI is InChI=1S/C17H12P.C5H5.2ClH.Hf/c1-2-6-14-10-17(9-13(14)5-1)18-11-15-7-3-4-8-16(15)12-18;1-2-4-5-3-1;;;/h1-12H;1-3H,4H2;2*1H;/q2*-1;;;+4/p-2. The minimum absolute atomic E-state index is 0. The molecule has 1 aliphatic rings. The van der Waals surface area contributed by atoms with Crippen LogP contribution in [-0.2, 0) is 25.8 Å². The Morgan fingerprint density at radius 2 is 1.46 bits per heavy atom. The topological polar surface area (TPSA) is 0 Å². The van der Waals surface area contributed by atoms with E-state index in [1.807, 2.05) is 12.2 Å². The maximum atomic E-state index is 2.99. The van der Waals surface area contributed by atoms with Gasteiger partial charge in [0.25, 0.3) is 0 Å². The van der Waals surface area contributed by atoms with E-state index in [0.717, 1.165) is 6.42 Å². The molecule has 0 nitrogen and oxygen atoms in total. The number of allylic oxidation sites excluding steroid dienone is 4. The number of hydrogen-bond acceptors (Lipinski definition) is 0. The molecule has 0 unspecified atom stereocenters. The summed E-state index contributed by atoms with van der Waals surface area (Å²) in [7, 11) is -0.264. The van der Waals surface area contributed by atoms with E-state index in [1.54, 1.807) is 0 Å². The van der Waals surface area contributed by atoms with Crippen molar-refractivity contribution in [3.63, 3.8) is 0 Å². The molecule has 0 amide bonds. The zero-order valence-electron chi connectivity index (χ0n) is 14.1. The van der Waals surface area contributed by atoms with Crippen LogP contribution in [0, 0.1) is 6.08 Å². The first-order valence-corrected chi connectivity index (χ1v) is 9.32. The molecular weight excluding hydrogens is 545 g/mol. The first-order valence-electron chi connectivity index (χ1n) is 7.84. The van der Waals surface area contributed by atoms with Gasteiger partial charge in [-0.3, -0.25) is 6.08 Å². The van der Waals surface area contributed by atoms with Crippen molar-refractivity contribution >= 4 is 29.1 Å². The summed E-state index contributed by atoms with van der Waals surface area (Å²) in [6.07, 6.45) is 10.0. The Bertz CT molecular complexity index is 863. The Kier molecular flexibility index (Phi) is 9.75. The van der Waals surface area contributed by atoms with E-state index in [1.165, 1.54) is 26.8 Å². The third-order valence-electron chi connectivity index (χ3n) is 4.04. The van der Waals surface area contributed by atoms with E-state index >= 15 is 0 Å². The normalized spacial score (nSPS) is 11.2. The van der Waals surface area contributed by atoms with Crippen LogP contribution >= 0.6 is 7.53 Å². The largest absolute Gasteiger partial charge is 4.00 e. The molecule has 0 saturated carbocycles. The van der Waals surface area contributed by atoms with E-state index in [0.29, 0.717) is 0 Å². The SMILES string of the molecule is [C-]1=CC=CC1.[Cl-].[Cl-].[Hf+4].c1ccc2cp(-c3cc4ccccc4[cH-]3)cc2c1. The molecule has 0 radical (unpaired) electrons. The third-order valence-corrected chi connectivity index (χ3v) is 6.01. The smallest absolute Gasteiger partial charge is 1.00 e. The summed E-state index contributed by atoms with van der Waals surface area (Å²) in [5.74, 6) is 4.83. The summed E-state index contributed by atoms with van der Waals surface area (Å²) >= 11 is 0. The number of fused-ring (bicyclic) bond motifs is 2. The van der Waals surface area contributed by atoms with Gasteiger partial charge in [0.05, 0.1) is 0 Å². The number of hydrogen-bond donors (Lipinski definition) is 0. The second-order valence-electron chi connectivity index (χ2n) is 5.64. The monoisotopic (exact) mass is 562 g/mol. The Hall–Kier alpha value is -0.980. The molecule has 3 aromatic carbocycles. The van der Waals surface area contributed by atoms with Crippen LogP contribution in [-0.4, -0.2) is 0 Å². The van der Waals surface area contributed by atoms with Crippen molar-refractivity contribution in [1.29, 1.82) is 0 Å². The molecule has 4 aromatic rings. The van der Waals surface area contributed by atoms with Gasteiger partial charge in [0, 0.05) is 0 Å². The summed E-state index contributed by atoms with van der Waals surface area (Å²) in [4.78, 5) is 0. The molecule has 0 bridgehead atoms. The molecule has 0 atom stereocenters. The van der Waals surface area contributed by atoms with E-state index in [9.17, 15) is 0 Å². The Balaban J connectivity index is 0.000000372. The van der Waals surface area contributed by atoms with Crippen LogP contribution in [0.1, 0.15) is 6.42 Å². The minimum atomic E-state index is -0.264. The summed E-state index contributed by atoms with van der Waals surface area (Å²) in [6.45, 7) is 0. The van der Waals surface area contributed by atoms with E-state index in [2.05, 4.69) is 84.4 Å². The van der Waals surface area contributed by atoms with Gasteiger partial charge in [0.15, 0.2) is 0 Å². The predicted molar refractivity (Wildman–Crippen MR) is 103 cm³/mol. The third kappa shape index (κ3) is 5.27. The summed E-state index contributed by atoms with van der Waals surface area (Å²) < 4.78 is 0. The number of benzene rings is 2. The van der Waals surface area contributed by atoms with Gasteiger partial charge in [0.1, 0.15) is 0 Å². The predicted octanol–water partition coefficient (Wildman–Crippen LogP) is 0.999. The van der Waals surface area contributed by atoms with E-state index in [-0.39, 0.29) is 58.2 Å². The Morgan fingerprint density at radius 3 is 1.96 bits per heavy atom. The van der Waals surface area contributed by atoms with E-state index in [4.69, 9.17) is 0 Å². The van der Waals surface area contributed by atoms with Crippen molar-refractivity contribution in [2.75, 3.05) is 0 Å². The van der Waals surface area contributed by atoms with Crippen molar-refractivity contribution in [3.8, 4) is 5.30 Å². The van der Waals surface area contributed by atoms with Gasteiger partial charge in [-0.1, -0.05) is 35.6 Å². The molecule has 0 fully saturated rings.